The number of ether oxygens (including phenoxy) is 1. The summed E-state index contributed by atoms with van der Waals surface area (Å²) in [5, 5.41) is 10.3. The number of thioether (sulfide) groups is 1. The first kappa shape index (κ1) is 22.4. The zero-order valence-corrected chi connectivity index (χ0v) is 20.3. The molecular formula is C24H26BrNO4S. The van der Waals surface area contributed by atoms with Crippen LogP contribution in [0.4, 0.5) is 0 Å². The summed E-state index contributed by atoms with van der Waals surface area (Å²) < 4.78 is 4.37. The fraction of sp³-hybridized carbons (Fsp3) is 0.417. The van der Waals surface area contributed by atoms with Crippen molar-refractivity contribution >= 4 is 39.6 Å². The van der Waals surface area contributed by atoms with Gasteiger partial charge in [0.05, 0.1) is 5.60 Å². The molecule has 2 aromatic rings. The van der Waals surface area contributed by atoms with Gasteiger partial charge >= 0.3 is 5.97 Å². The van der Waals surface area contributed by atoms with Crippen molar-refractivity contribution in [2.45, 2.75) is 59.9 Å². The number of benzene rings is 2. The van der Waals surface area contributed by atoms with Crippen LogP contribution in [-0.2, 0) is 14.3 Å². The van der Waals surface area contributed by atoms with Gasteiger partial charge in [0.15, 0.2) is 10.4 Å². The number of nitrogens with zero attached hydrogens (tertiary/aromatic N) is 1. The van der Waals surface area contributed by atoms with Crippen molar-refractivity contribution in [2.24, 2.45) is 0 Å². The van der Waals surface area contributed by atoms with Crippen LogP contribution in [0.3, 0.4) is 0 Å². The van der Waals surface area contributed by atoms with E-state index in [4.69, 9.17) is 4.74 Å². The normalized spacial score (nSPS) is 27.1. The third-order valence-corrected chi connectivity index (χ3v) is 9.72. The molecule has 0 radical (unpaired) electrons. The summed E-state index contributed by atoms with van der Waals surface area (Å²) in [6.45, 7) is 7.09. The lowest BCUT2D eigenvalue weighted by Gasteiger charge is -2.55. The number of aliphatic hydroxyl groups is 1. The van der Waals surface area contributed by atoms with Gasteiger partial charge in [0.2, 0.25) is 5.91 Å². The van der Waals surface area contributed by atoms with Gasteiger partial charge in [-0.1, -0.05) is 76.6 Å². The van der Waals surface area contributed by atoms with E-state index < -0.39 is 32.8 Å². The predicted molar refractivity (Wildman–Crippen MR) is 125 cm³/mol. The number of hydrogen-bond acceptors (Lipinski definition) is 5. The molecule has 0 saturated carbocycles. The van der Waals surface area contributed by atoms with Gasteiger partial charge in [0.25, 0.3) is 0 Å². The van der Waals surface area contributed by atoms with Gasteiger partial charge in [-0.25, -0.2) is 4.79 Å². The van der Waals surface area contributed by atoms with Crippen molar-refractivity contribution in [3.05, 3.63) is 71.8 Å². The first-order chi connectivity index (χ1) is 14.5. The summed E-state index contributed by atoms with van der Waals surface area (Å²) in [5.74, 6) is -0.739. The van der Waals surface area contributed by atoms with E-state index in [1.54, 1.807) is 18.7 Å². The Labute approximate surface area is 195 Å². The zero-order valence-electron chi connectivity index (χ0n) is 17.9. The minimum atomic E-state index is -1.27. The Balaban J connectivity index is 1.65. The molecule has 2 heterocycles. The third-order valence-electron chi connectivity index (χ3n) is 6.04. The Bertz CT molecular complexity index is 952. The van der Waals surface area contributed by atoms with Crippen LogP contribution in [0.2, 0.25) is 0 Å². The quantitative estimate of drug-likeness (QED) is 0.374. The van der Waals surface area contributed by atoms with Crippen molar-refractivity contribution in [1.29, 1.82) is 0 Å². The van der Waals surface area contributed by atoms with Crippen LogP contribution in [0.1, 0.15) is 44.9 Å². The minimum Gasteiger partial charge on any atom is -0.451 e. The smallest absolute Gasteiger partial charge is 0.331 e. The Morgan fingerprint density at radius 2 is 1.58 bits per heavy atom. The Morgan fingerprint density at radius 1 is 1.10 bits per heavy atom. The van der Waals surface area contributed by atoms with E-state index in [-0.39, 0.29) is 11.3 Å². The highest BCUT2D eigenvalue weighted by Crippen LogP contribution is 2.61. The second-order valence-electron chi connectivity index (χ2n) is 9.10. The highest BCUT2D eigenvalue weighted by atomic mass is 79.9. The molecule has 0 aliphatic carbocycles. The second kappa shape index (κ2) is 7.64. The molecule has 5 nitrogen and oxygen atoms in total. The summed E-state index contributed by atoms with van der Waals surface area (Å²) in [7, 11) is 0. The predicted octanol–water partition coefficient (Wildman–Crippen LogP) is 4.29. The molecule has 2 saturated heterocycles. The Morgan fingerprint density at radius 3 is 2.03 bits per heavy atom. The number of carbonyl (C=O) groups excluding carboxylic acids is 2. The number of carbonyl (C=O) groups is 2. The van der Waals surface area contributed by atoms with Gasteiger partial charge < -0.3 is 14.7 Å². The molecule has 1 amide bonds. The number of β-lactam (4-membered cyclic amide) rings is 1. The Hall–Kier alpha value is -1.83. The van der Waals surface area contributed by atoms with E-state index in [1.165, 1.54) is 11.8 Å². The Kier molecular flexibility index (Phi) is 5.51. The molecule has 0 bridgehead atoms. The summed E-state index contributed by atoms with van der Waals surface area (Å²) in [6.07, 6.45) is -0.575. The van der Waals surface area contributed by atoms with Crippen molar-refractivity contribution in [2.75, 3.05) is 0 Å². The highest BCUT2D eigenvalue weighted by Gasteiger charge is 2.75. The number of halogens is 1. The molecule has 2 aliphatic heterocycles. The lowest BCUT2D eigenvalue weighted by Crippen LogP contribution is -2.77. The van der Waals surface area contributed by atoms with Gasteiger partial charge in [-0.05, 0) is 38.8 Å². The molecule has 164 valence electrons. The van der Waals surface area contributed by atoms with E-state index in [0.29, 0.717) is 0 Å². The first-order valence-corrected chi connectivity index (χ1v) is 11.9. The lowest BCUT2D eigenvalue weighted by atomic mass is 9.80. The largest absolute Gasteiger partial charge is 0.451 e. The maximum atomic E-state index is 13.5. The minimum absolute atomic E-state index is 0.291. The molecular weight excluding hydrogens is 478 g/mol. The van der Waals surface area contributed by atoms with Crippen LogP contribution >= 0.6 is 27.7 Å². The molecule has 0 unspecified atom stereocenters. The van der Waals surface area contributed by atoms with E-state index >= 15 is 0 Å². The van der Waals surface area contributed by atoms with Crippen LogP contribution < -0.4 is 0 Å². The first-order valence-electron chi connectivity index (χ1n) is 10.2. The molecule has 4 rings (SSSR count). The topological polar surface area (TPSA) is 66.8 Å². The lowest BCUT2D eigenvalue weighted by molar-refractivity contribution is -0.173. The fourth-order valence-corrected chi connectivity index (χ4v) is 6.83. The number of hydrogen-bond donors (Lipinski definition) is 1. The van der Waals surface area contributed by atoms with Gasteiger partial charge in [0, 0.05) is 4.75 Å². The average Bonchev–Trinajstić information content (AvgIpc) is 3.00. The van der Waals surface area contributed by atoms with Crippen LogP contribution in [0.15, 0.2) is 60.7 Å². The van der Waals surface area contributed by atoms with Crippen LogP contribution in [-0.4, -0.2) is 48.0 Å². The third kappa shape index (κ3) is 3.51. The van der Waals surface area contributed by atoms with Gasteiger partial charge in [0.1, 0.15) is 11.4 Å². The number of rotatable bonds is 5. The van der Waals surface area contributed by atoms with Crippen LogP contribution in [0.25, 0.3) is 0 Å². The molecule has 3 atom stereocenters. The fourth-order valence-electron chi connectivity index (χ4n) is 4.33. The maximum absolute atomic E-state index is 13.5. The van der Waals surface area contributed by atoms with Crippen molar-refractivity contribution < 1.29 is 19.4 Å². The summed E-state index contributed by atoms with van der Waals surface area (Å²) in [6, 6.07) is 18.4. The van der Waals surface area contributed by atoms with E-state index in [9.17, 15) is 14.7 Å². The highest BCUT2D eigenvalue weighted by molar-refractivity contribution is 9.10. The van der Waals surface area contributed by atoms with Gasteiger partial charge in [-0.3, -0.25) is 4.79 Å². The summed E-state index contributed by atoms with van der Waals surface area (Å²) >= 11 is 5.01. The number of alkyl halides is 1. The van der Waals surface area contributed by atoms with E-state index in [0.717, 1.165) is 11.1 Å². The molecule has 2 aliphatic rings. The van der Waals surface area contributed by atoms with E-state index in [2.05, 4.69) is 15.9 Å². The second-order valence-corrected chi connectivity index (χ2v) is 12.1. The molecule has 0 aromatic heterocycles. The molecule has 7 heteroatoms. The van der Waals surface area contributed by atoms with Crippen molar-refractivity contribution in [3.8, 4) is 0 Å². The monoisotopic (exact) mass is 503 g/mol. The van der Waals surface area contributed by atoms with E-state index in [1.807, 2.05) is 74.5 Å². The van der Waals surface area contributed by atoms with Gasteiger partial charge in [-0.2, -0.15) is 0 Å². The number of esters is 1. The van der Waals surface area contributed by atoms with Crippen LogP contribution in [0, 0.1) is 0 Å². The maximum Gasteiger partial charge on any atom is 0.331 e. The standard InChI is InChI=1S/C24H26BrNO4S/c1-22(2)18(26-20(28)24(25,21(26)31-22)23(3,4)29)19(27)30-17(15-11-7-5-8-12-15)16-13-9-6-10-14-16/h5-14,17-18,21,29H,1-4H3/t18-,21+,24-/m0/s1. The molecule has 31 heavy (non-hydrogen) atoms. The average molecular weight is 504 g/mol. The molecule has 0 spiro atoms. The molecule has 2 aromatic carbocycles. The van der Waals surface area contributed by atoms with Gasteiger partial charge in [-0.15, -0.1) is 11.8 Å². The number of amides is 1. The summed E-state index contributed by atoms with van der Waals surface area (Å²) in [4.78, 5) is 28.2. The molecule has 1 N–H and O–H groups in total. The van der Waals surface area contributed by atoms with Crippen LogP contribution in [0.5, 0.6) is 0 Å². The SMILES string of the molecule is CC1(C)S[C@H]2N(C(=O)[C@@]2(Br)C(C)(C)O)[C@H]1C(=O)OC(c1ccccc1)c1ccccc1. The molecule has 2 fully saturated rings. The zero-order chi connectivity index (χ0) is 22.6. The van der Waals surface area contributed by atoms with Crippen molar-refractivity contribution in [1.82, 2.24) is 4.90 Å². The van der Waals surface area contributed by atoms with Crippen molar-refractivity contribution in [3.63, 3.8) is 0 Å². The number of fused-ring (bicyclic) bond motifs is 1. The summed E-state index contributed by atoms with van der Waals surface area (Å²) in [5.41, 5.74) is 0.454.